The molecule has 0 aliphatic heterocycles. The number of hydrogen-bond acceptors (Lipinski definition) is 3. The molecule has 0 saturated carbocycles. The number of rotatable bonds is 6. The minimum atomic E-state index is 0. The summed E-state index contributed by atoms with van der Waals surface area (Å²) in [6.45, 7) is 1.58. The number of halogens is 1. The van der Waals surface area contributed by atoms with E-state index in [9.17, 15) is 4.79 Å². The van der Waals surface area contributed by atoms with E-state index in [0.717, 1.165) is 35.9 Å². The molecule has 0 amide bonds. The zero-order chi connectivity index (χ0) is 16.9. The fraction of sp³-hybridized carbons (Fsp3) is 0.300. The smallest absolute Gasteiger partial charge is 0.274 e. The summed E-state index contributed by atoms with van der Waals surface area (Å²) in [5.41, 5.74) is 2.16. The Bertz CT molecular complexity index is 875. The van der Waals surface area contributed by atoms with Gasteiger partial charge in [-0.2, -0.15) is 5.10 Å². The van der Waals surface area contributed by atoms with Gasteiger partial charge in [-0.15, -0.1) is 12.4 Å². The van der Waals surface area contributed by atoms with Crippen molar-refractivity contribution in [2.24, 2.45) is 0 Å². The average molecular weight is 358 g/mol. The Kier molecular flexibility index (Phi) is 6.73. The monoisotopic (exact) mass is 357 g/mol. The molecule has 0 atom stereocenters. The third-order valence-corrected chi connectivity index (χ3v) is 4.13. The maximum atomic E-state index is 12.7. The van der Waals surface area contributed by atoms with Crippen molar-refractivity contribution in [3.63, 3.8) is 0 Å². The van der Waals surface area contributed by atoms with E-state index >= 15 is 0 Å². The molecule has 5 heteroatoms. The third-order valence-electron chi connectivity index (χ3n) is 4.13. The molecule has 3 aromatic rings. The van der Waals surface area contributed by atoms with Crippen LogP contribution < -0.4 is 5.56 Å². The molecule has 0 aliphatic carbocycles. The van der Waals surface area contributed by atoms with E-state index < -0.39 is 0 Å². The van der Waals surface area contributed by atoms with Crippen LogP contribution in [0, 0.1) is 0 Å². The number of aryl methyl sites for hydroxylation is 1. The first kappa shape index (κ1) is 19.2. The summed E-state index contributed by atoms with van der Waals surface area (Å²) in [4.78, 5) is 14.8. The van der Waals surface area contributed by atoms with Gasteiger partial charge in [0.25, 0.3) is 5.56 Å². The largest absolute Gasteiger partial charge is 0.309 e. The quantitative estimate of drug-likeness (QED) is 0.679. The van der Waals surface area contributed by atoms with Crippen LogP contribution in [0.25, 0.3) is 10.8 Å². The minimum absolute atomic E-state index is 0. The third kappa shape index (κ3) is 4.68. The fourth-order valence-corrected chi connectivity index (χ4v) is 2.91. The van der Waals surface area contributed by atoms with Crippen molar-refractivity contribution in [3.8, 4) is 0 Å². The van der Waals surface area contributed by atoms with Crippen molar-refractivity contribution < 1.29 is 0 Å². The highest BCUT2D eigenvalue weighted by molar-refractivity contribution is 5.85. The highest BCUT2D eigenvalue weighted by Crippen LogP contribution is 2.17. The van der Waals surface area contributed by atoms with Crippen molar-refractivity contribution in [3.05, 3.63) is 76.2 Å². The number of hydrogen-bond donors (Lipinski definition) is 0. The van der Waals surface area contributed by atoms with Gasteiger partial charge in [0.1, 0.15) is 0 Å². The fourth-order valence-electron chi connectivity index (χ4n) is 2.91. The van der Waals surface area contributed by atoms with Crippen molar-refractivity contribution >= 4 is 23.2 Å². The maximum absolute atomic E-state index is 12.7. The molecule has 0 radical (unpaired) electrons. The van der Waals surface area contributed by atoms with Gasteiger partial charge in [-0.05, 0) is 38.7 Å². The molecule has 1 aromatic heterocycles. The molecule has 3 rings (SSSR count). The summed E-state index contributed by atoms with van der Waals surface area (Å²) in [7, 11) is 4.08. The van der Waals surface area contributed by atoms with Crippen molar-refractivity contribution in [1.29, 1.82) is 0 Å². The summed E-state index contributed by atoms with van der Waals surface area (Å²) in [6, 6.07) is 18.0. The number of fused-ring (bicyclic) bond motifs is 1. The zero-order valence-electron chi connectivity index (χ0n) is 14.7. The van der Waals surface area contributed by atoms with Gasteiger partial charge in [0.05, 0.1) is 11.1 Å². The van der Waals surface area contributed by atoms with Crippen LogP contribution in [0.2, 0.25) is 0 Å². The second kappa shape index (κ2) is 8.79. The molecule has 25 heavy (non-hydrogen) atoms. The van der Waals surface area contributed by atoms with Crippen LogP contribution in [0.1, 0.15) is 17.7 Å². The second-order valence-electron chi connectivity index (χ2n) is 6.34. The predicted molar refractivity (Wildman–Crippen MR) is 106 cm³/mol. The molecule has 0 fully saturated rings. The normalized spacial score (nSPS) is 10.8. The maximum Gasteiger partial charge on any atom is 0.274 e. The van der Waals surface area contributed by atoms with Crippen LogP contribution in [0.4, 0.5) is 0 Å². The minimum Gasteiger partial charge on any atom is -0.309 e. The van der Waals surface area contributed by atoms with Gasteiger partial charge < -0.3 is 4.90 Å². The Morgan fingerprint density at radius 1 is 0.960 bits per heavy atom. The van der Waals surface area contributed by atoms with Crippen LogP contribution in [0.15, 0.2) is 59.4 Å². The van der Waals surface area contributed by atoms with E-state index in [-0.39, 0.29) is 18.0 Å². The van der Waals surface area contributed by atoms with E-state index in [1.807, 2.05) is 56.6 Å². The molecule has 2 aromatic carbocycles. The van der Waals surface area contributed by atoms with Gasteiger partial charge in [0.2, 0.25) is 0 Å². The molecule has 0 aliphatic rings. The number of benzene rings is 2. The number of aromatic nitrogens is 2. The first-order chi connectivity index (χ1) is 11.6. The Labute approximate surface area is 154 Å². The highest BCUT2D eigenvalue weighted by atomic mass is 35.5. The Hall–Kier alpha value is -2.17. The SMILES string of the molecule is CN(C)CCCn1nc(Cc2ccccc2)c2ccccc2c1=O.Cl. The van der Waals surface area contributed by atoms with Gasteiger partial charge >= 0.3 is 0 Å². The lowest BCUT2D eigenvalue weighted by Crippen LogP contribution is -2.26. The molecule has 0 bridgehead atoms. The van der Waals surface area contributed by atoms with Gasteiger partial charge in [-0.25, -0.2) is 4.68 Å². The molecule has 0 N–H and O–H groups in total. The lowest BCUT2D eigenvalue weighted by atomic mass is 10.0. The topological polar surface area (TPSA) is 38.1 Å². The highest BCUT2D eigenvalue weighted by Gasteiger charge is 2.10. The number of nitrogens with zero attached hydrogens (tertiary/aromatic N) is 3. The molecule has 132 valence electrons. The van der Waals surface area contributed by atoms with Crippen LogP contribution in [-0.2, 0) is 13.0 Å². The molecule has 0 spiro atoms. The van der Waals surface area contributed by atoms with Gasteiger partial charge in [0, 0.05) is 18.4 Å². The van der Waals surface area contributed by atoms with Crippen molar-refractivity contribution in [1.82, 2.24) is 14.7 Å². The van der Waals surface area contributed by atoms with E-state index in [4.69, 9.17) is 0 Å². The first-order valence-electron chi connectivity index (χ1n) is 8.32. The Morgan fingerprint density at radius 2 is 1.60 bits per heavy atom. The molecular weight excluding hydrogens is 334 g/mol. The average Bonchev–Trinajstić information content (AvgIpc) is 2.59. The van der Waals surface area contributed by atoms with Gasteiger partial charge in [-0.1, -0.05) is 48.5 Å². The van der Waals surface area contributed by atoms with E-state index in [0.29, 0.717) is 6.54 Å². The van der Waals surface area contributed by atoms with Crippen LogP contribution in [0.3, 0.4) is 0 Å². The molecule has 1 heterocycles. The first-order valence-corrected chi connectivity index (χ1v) is 8.32. The summed E-state index contributed by atoms with van der Waals surface area (Å²) < 4.78 is 1.63. The van der Waals surface area contributed by atoms with Gasteiger partial charge in [0.15, 0.2) is 0 Å². The van der Waals surface area contributed by atoms with Crippen LogP contribution in [-0.4, -0.2) is 35.3 Å². The second-order valence-corrected chi connectivity index (χ2v) is 6.34. The Morgan fingerprint density at radius 3 is 2.28 bits per heavy atom. The lowest BCUT2D eigenvalue weighted by molar-refractivity contribution is 0.377. The van der Waals surface area contributed by atoms with Crippen molar-refractivity contribution in [2.45, 2.75) is 19.4 Å². The Balaban J connectivity index is 0.00000225. The predicted octanol–water partition coefficient (Wildman–Crippen LogP) is 3.36. The summed E-state index contributed by atoms with van der Waals surface area (Å²) in [5.74, 6) is 0. The lowest BCUT2D eigenvalue weighted by Gasteiger charge is -2.13. The summed E-state index contributed by atoms with van der Waals surface area (Å²) in [6.07, 6.45) is 1.64. The molecule has 0 saturated heterocycles. The van der Waals surface area contributed by atoms with E-state index in [2.05, 4.69) is 22.1 Å². The zero-order valence-corrected chi connectivity index (χ0v) is 15.5. The van der Waals surface area contributed by atoms with Crippen LogP contribution in [0.5, 0.6) is 0 Å². The van der Waals surface area contributed by atoms with Crippen LogP contribution >= 0.6 is 12.4 Å². The molecule has 4 nitrogen and oxygen atoms in total. The molecular formula is C20H24ClN3O. The van der Waals surface area contributed by atoms with Gasteiger partial charge in [-0.3, -0.25) is 4.79 Å². The van der Waals surface area contributed by atoms with E-state index in [1.54, 1.807) is 4.68 Å². The summed E-state index contributed by atoms with van der Waals surface area (Å²) >= 11 is 0. The standard InChI is InChI=1S/C20H23N3O.ClH/c1-22(2)13-8-14-23-20(24)18-12-7-6-11-17(18)19(21-23)15-16-9-4-3-5-10-16;/h3-7,9-12H,8,13-15H2,1-2H3;1H. The van der Waals surface area contributed by atoms with Crippen molar-refractivity contribution in [2.75, 3.05) is 20.6 Å². The molecule has 0 unspecified atom stereocenters. The summed E-state index contributed by atoms with van der Waals surface area (Å²) in [5, 5.41) is 6.39. The van der Waals surface area contributed by atoms with E-state index in [1.165, 1.54) is 5.56 Å².